The van der Waals surface area contributed by atoms with Crippen molar-refractivity contribution in [2.45, 2.75) is 37.2 Å². The lowest BCUT2D eigenvalue weighted by atomic mass is 9.84. The molecule has 0 saturated carbocycles. The Bertz CT molecular complexity index is 1580. The molecule has 2 amide bonds. The Hall–Kier alpha value is -4.64. The molecule has 2 fully saturated rings. The summed E-state index contributed by atoms with van der Waals surface area (Å²) in [5.74, 6) is -0.350. The van der Waals surface area contributed by atoms with Crippen molar-refractivity contribution in [2.75, 3.05) is 31.5 Å². The molecule has 0 unspecified atom stereocenters. The number of rotatable bonds is 6. The van der Waals surface area contributed by atoms with Crippen LogP contribution in [0.3, 0.4) is 0 Å². The number of benzene rings is 1. The number of piperidine rings is 1. The highest BCUT2D eigenvalue weighted by Crippen LogP contribution is 2.37. The minimum Gasteiger partial charge on any atom is -0.406 e. The van der Waals surface area contributed by atoms with E-state index in [4.69, 9.17) is 0 Å². The van der Waals surface area contributed by atoms with Gasteiger partial charge in [-0.3, -0.25) is 9.58 Å². The van der Waals surface area contributed by atoms with E-state index in [-0.39, 0.29) is 17.8 Å². The molecular formula is C27H26F3N9O2. The molecular weight excluding hydrogens is 539 g/mol. The molecule has 0 bridgehead atoms. The largest absolute Gasteiger partial charge is 0.573 e. The van der Waals surface area contributed by atoms with Crippen molar-refractivity contribution in [1.82, 2.24) is 34.5 Å². The van der Waals surface area contributed by atoms with Crippen LogP contribution < -0.4 is 10.1 Å². The number of H-pyrrole nitrogens is 1. The third kappa shape index (κ3) is 5.40. The van der Waals surface area contributed by atoms with Crippen molar-refractivity contribution >= 4 is 22.8 Å². The quantitative estimate of drug-likeness (QED) is 0.356. The summed E-state index contributed by atoms with van der Waals surface area (Å²) in [5.41, 5.74) is 2.33. The van der Waals surface area contributed by atoms with Gasteiger partial charge in [0.2, 0.25) is 0 Å². The smallest absolute Gasteiger partial charge is 0.406 e. The van der Waals surface area contributed by atoms with Gasteiger partial charge in [0.05, 0.1) is 24.4 Å². The van der Waals surface area contributed by atoms with Gasteiger partial charge in [-0.25, -0.2) is 14.8 Å². The van der Waals surface area contributed by atoms with E-state index in [1.54, 1.807) is 11.1 Å². The van der Waals surface area contributed by atoms with E-state index in [0.717, 1.165) is 47.3 Å². The van der Waals surface area contributed by atoms with Gasteiger partial charge in [0.15, 0.2) is 0 Å². The zero-order valence-corrected chi connectivity index (χ0v) is 21.8. The van der Waals surface area contributed by atoms with Gasteiger partial charge in [0, 0.05) is 61.3 Å². The second kappa shape index (κ2) is 10.4. The lowest BCUT2D eigenvalue weighted by molar-refractivity contribution is -0.274. The highest BCUT2D eigenvalue weighted by molar-refractivity contribution is 5.90. The number of carbonyl (C=O) groups excluding carboxylic acids is 1. The fourth-order valence-electron chi connectivity index (χ4n) is 5.64. The lowest BCUT2D eigenvalue weighted by Crippen LogP contribution is -2.66. The minimum atomic E-state index is -4.77. The summed E-state index contributed by atoms with van der Waals surface area (Å²) < 4.78 is 42.8. The number of nitrogens with zero attached hydrogens (tertiary/aromatic N) is 7. The Labute approximate surface area is 232 Å². The molecule has 212 valence electrons. The van der Waals surface area contributed by atoms with Crippen LogP contribution in [-0.2, 0) is 5.54 Å². The number of likely N-dealkylation sites (tertiary alicyclic amines) is 2. The van der Waals surface area contributed by atoms with E-state index in [9.17, 15) is 23.2 Å². The number of aromatic nitrogens is 5. The molecule has 0 radical (unpaired) electrons. The molecule has 2 aliphatic rings. The van der Waals surface area contributed by atoms with Gasteiger partial charge < -0.3 is 19.9 Å². The van der Waals surface area contributed by atoms with Crippen molar-refractivity contribution in [3.05, 3.63) is 55.2 Å². The molecule has 41 heavy (non-hydrogen) atoms. The highest BCUT2D eigenvalue weighted by atomic mass is 19.4. The van der Waals surface area contributed by atoms with Gasteiger partial charge in [-0.1, -0.05) is 0 Å². The molecule has 4 aromatic rings. The molecule has 14 heteroatoms. The Balaban J connectivity index is 1.04. The first kappa shape index (κ1) is 26.6. The summed E-state index contributed by atoms with van der Waals surface area (Å²) in [7, 11) is 0. The maximum Gasteiger partial charge on any atom is 0.573 e. The zero-order chi connectivity index (χ0) is 28.6. The highest BCUT2D eigenvalue weighted by Gasteiger charge is 2.48. The predicted molar refractivity (Wildman–Crippen MR) is 142 cm³/mol. The Morgan fingerprint density at radius 3 is 2.63 bits per heavy atom. The Kier molecular flexibility index (Phi) is 6.74. The second-order valence-electron chi connectivity index (χ2n) is 10.3. The molecule has 5 heterocycles. The van der Waals surface area contributed by atoms with Gasteiger partial charge in [-0.15, -0.1) is 13.2 Å². The van der Waals surface area contributed by atoms with E-state index in [2.05, 4.69) is 41.1 Å². The van der Waals surface area contributed by atoms with Gasteiger partial charge in [-0.05, 0) is 43.2 Å². The van der Waals surface area contributed by atoms with Gasteiger partial charge in [0.25, 0.3) is 0 Å². The van der Waals surface area contributed by atoms with Crippen molar-refractivity contribution < 1.29 is 22.7 Å². The van der Waals surface area contributed by atoms with Crippen LogP contribution in [0.15, 0.2) is 55.2 Å². The number of halogens is 3. The zero-order valence-electron chi connectivity index (χ0n) is 21.8. The average molecular weight is 566 g/mol. The fourth-order valence-corrected chi connectivity index (χ4v) is 5.64. The number of ether oxygens (including phenoxy) is 1. The number of amides is 2. The molecule has 0 aliphatic carbocycles. The molecule has 3 aromatic heterocycles. The maximum atomic E-state index is 12.7. The summed E-state index contributed by atoms with van der Waals surface area (Å²) in [4.78, 5) is 28.5. The van der Waals surface area contributed by atoms with Crippen LogP contribution in [0.1, 0.15) is 19.3 Å². The molecule has 2 saturated heterocycles. The average Bonchev–Trinajstić information content (AvgIpc) is 3.61. The molecule has 1 aromatic carbocycles. The monoisotopic (exact) mass is 565 g/mol. The van der Waals surface area contributed by atoms with Crippen LogP contribution in [0.2, 0.25) is 0 Å². The number of nitriles is 1. The predicted octanol–water partition coefficient (Wildman–Crippen LogP) is 4.34. The van der Waals surface area contributed by atoms with Crippen molar-refractivity contribution in [3.63, 3.8) is 0 Å². The first-order valence-electron chi connectivity index (χ1n) is 13.1. The number of anilines is 1. The molecule has 6 rings (SSSR count). The van der Waals surface area contributed by atoms with Crippen LogP contribution >= 0.6 is 0 Å². The van der Waals surface area contributed by atoms with Gasteiger partial charge in [0.1, 0.15) is 23.3 Å². The topological polar surface area (TPSA) is 128 Å². The van der Waals surface area contributed by atoms with Crippen molar-refractivity contribution in [2.24, 2.45) is 0 Å². The van der Waals surface area contributed by atoms with Crippen molar-refractivity contribution in [1.29, 1.82) is 5.26 Å². The first-order chi connectivity index (χ1) is 19.7. The first-order valence-corrected chi connectivity index (χ1v) is 13.1. The number of hydrogen-bond donors (Lipinski definition) is 2. The van der Waals surface area contributed by atoms with E-state index in [1.165, 1.54) is 18.5 Å². The second-order valence-corrected chi connectivity index (χ2v) is 10.3. The number of aromatic amines is 1. The summed E-state index contributed by atoms with van der Waals surface area (Å²) in [6, 6.07) is 9.26. The molecule has 0 atom stereocenters. The summed E-state index contributed by atoms with van der Waals surface area (Å²) in [5, 5.41) is 17.9. The summed E-state index contributed by atoms with van der Waals surface area (Å²) in [6.45, 7) is 2.43. The molecule has 2 aliphatic heterocycles. The standard InChI is InChI=1S/C27H26F3N9O2/c28-27(29,30)41-21-3-1-19(2-4-21)36-25(40)37-11-6-20(7-12-37)38-15-26(16-38,8-9-31)39-14-18(13-35-39)23-22-5-10-32-24(22)34-17-33-23/h1-5,10,13-14,17,20H,6-8,11-12,15-16H2,(H,36,40)(H,32,33,34). The number of nitrogens with one attached hydrogen (secondary N) is 2. The number of hydrogen-bond acceptors (Lipinski definition) is 7. The van der Waals surface area contributed by atoms with E-state index >= 15 is 0 Å². The van der Waals surface area contributed by atoms with Crippen LogP contribution in [0.25, 0.3) is 22.3 Å². The summed E-state index contributed by atoms with van der Waals surface area (Å²) >= 11 is 0. The number of alkyl halides is 3. The Morgan fingerprint density at radius 1 is 1.17 bits per heavy atom. The normalized spacial score (nSPS) is 17.7. The van der Waals surface area contributed by atoms with Crippen LogP contribution in [0, 0.1) is 11.3 Å². The molecule has 11 nitrogen and oxygen atoms in total. The van der Waals surface area contributed by atoms with Crippen LogP contribution in [0.4, 0.5) is 23.7 Å². The number of carbonyl (C=O) groups is 1. The van der Waals surface area contributed by atoms with Gasteiger partial charge >= 0.3 is 12.4 Å². The lowest BCUT2D eigenvalue weighted by Gasteiger charge is -2.53. The number of urea groups is 1. The van der Waals surface area contributed by atoms with E-state index in [1.807, 2.05) is 23.1 Å². The minimum absolute atomic E-state index is 0.265. The fraction of sp³-hybridized carbons (Fsp3) is 0.370. The third-order valence-electron chi connectivity index (χ3n) is 7.71. The maximum absolute atomic E-state index is 12.7. The molecule has 2 N–H and O–H groups in total. The Morgan fingerprint density at radius 2 is 1.93 bits per heavy atom. The van der Waals surface area contributed by atoms with E-state index < -0.39 is 11.9 Å². The van der Waals surface area contributed by atoms with Crippen LogP contribution in [-0.4, -0.2) is 79.1 Å². The summed E-state index contributed by atoms with van der Waals surface area (Å²) in [6.07, 6.45) is 4.13. The van der Waals surface area contributed by atoms with Crippen LogP contribution in [0.5, 0.6) is 5.75 Å². The molecule has 0 spiro atoms. The number of fused-ring (bicyclic) bond motifs is 1. The third-order valence-corrected chi connectivity index (χ3v) is 7.71. The van der Waals surface area contributed by atoms with Gasteiger partial charge in [-0.2, -0.15) is 10.4 Å². The van der Waals surface area contributed by atoms with Crippen molar-refractivity contribution in [3.8, 4) is 23.1 Å². The SMILES string of the molecule is N#CCC1(n2cc(-c3ncnc4[nH]ccc34)cn2)CN(C2CCN(C(=O)Nc3ccc(OC(F)(F)F)cc3)CC2)C1. The van der Waals surface area contributed by atoms with E-state index in [0.29, 0.717) is 38.3 Å².